The van der Waals surface area contributed by atoms with E-state index in [0.717, 1.165) is 18.7 Å². The number of hydrogen-bond donors (Lipinski definition) is 2. The molecule has 19 heavy (non-hydrogen) atoms. The third-order valence-corrected chi connectivity index (χ3v) is 3.83. The van der Waals surface area contributed by atoms with Crippen molar-refractivity contribution in [2.24, 2.45) is 0 Å². The van der Waals surface area contributed by atoms with Gasteiger partial charge < -0.3 is 11.1 Å². The highest BCUT2D eigenvalue weighted by Gasteiger charge is 2.25. The third-order valence-electron chi connectivity index (χ3n) is 3.83. The molecule has 2 nitrogen and oxygen atoms in total. The summed E-state index contributed by atoms with van der Waals surface area (Å²) in [6, 6.07) is 11.6. The van der Waals surface area contributed by atoms with E-state index in [2.05, 4.69) is 29.6 Å². The van der Waals surface area contributed by atoms with Crippen LogP contribution in [0, 0.1) is 12.7 Å². The first kappa shape index (κ1) is 12.0. The van der Waals surface area contributed by atoms with Crippen molar-refractivity contribution in [1.29, 1.82) is 0 Å². The molecule has 1 atom stereocenters. The number of anilines is 2. The fourth-order valence-corrected chi connectivity index (χ4v) is 2.63. The number of nitrogen functional groups attached to an aromatic ring is 1. The maximum absolute atomic E-state index is 13.3. The summed E-state index contributed by atoms with van der Waals surface area (Å²) in [5, 5.41) is 3.33. The van der Waals surface area contributed by atoms with Crippen LogP contribution in [0.25, 0.3) is 0 Å². The lowest BCUT2D eigenvalue weighted by Gasteiger charge is -2.30. The maximum atomic E-state index is 13.3. The second kappa shape index (κ2) is 4.57. The Morgan fingerprint density at radius 3 is 2.89 bits per heavy atom. The summed E-state index contributed by atoms with van der Waals surface area (Å²) in [6.07, 6.45) is 1.10. The molecule has 0 fully saturated rings. The number of halogens is 1. The predicted molar refractivity (Wildman–Crippen MR) is 76.9 cm³/mol. The van der Waals surface area contributed by atoms with E-state index in [1.807, 2.05) is 0 Å². The summed E-state index contributed by atoms with van der Waals surface area (Å²) < 4.78 is 13.3. The molecule has 1 unspecified atom stereocenters. The Labute approximate surface area is 112 Å². The molecule has 0 amide bonds. The Kier molecular flexibility index (Phi) is 2.90. The van der Waals surface area contributed by atoms with Gasteiger partial charge in [0.1, 0.15) is 5.82 Å². The van der Waals surface area contributed by atoms with E-state index in [4.69, 9.17) is 5.73 Å². The number of fused-ring (bicyclic) bond motifs is 1. The first-order valence-corrected chi connectivity index (χ1v) is 6.52. The van der Waals surface area contributed by atoms with Crippen molar-refractivity contribution in [2.45, 2.75) is 19.3 Å². The van der Waals surface area contributed by atoms with Gasteiger partial charge in [-0.1, -0.05) is 24.3 Å². The Bertz CT molecular complexity index is 622. The number of nitrogens with one attached hydrogen (secondary N) is 1. The van der Waals surface area contributed by atoms with Crippen LogP contribution in [0.3, 0.4) is 0 Å². The topological polar surface area (TPSA) is 38.0 Å². The van der Waals surface area contributed by atoms with Crippen LogP contribution in [0.2, 0.25) is 0 Å². The van der Waals surface area contributed by atoms with Crippen LogP contribution in [-0.2, 0) is 6.42 Å². The zero-order valence-corrected chi connectivity index (χ0v) is 10.9. The maximum Gasteiger partial charge on any atom is 0.128 e. The van der Waals surface area contributed by atoms with Crippen LogP contribution in [0.15, 0.2) is 36.4 Å². The van der Waals surface area contributed by atoms with Gasteiger partial charge in [-0.3, -0.25) is 0 Å². The molecular weight excluding hydrogens is 239 g/mol. The lowest BCUT2D eigenvalue weighted by molar-refractivity contribution is 0.618. The lowest BCUT2D eigenvalue weighted by Crippen LogP contribution is -2.24. The second-order valence-electron chi connectivity index (χ2n) is 5.17. The highest BCUT2D eigenvalue weighted by molar-refractivity contribution is 5.67. The smallest absolute Gasteiger partial charge is 0.128 e. The van der Waals surface area contributed by atoms with E-state index in [-0.39, 0.29) is 5.82 Å². The van der Waals surface area contributed by atoms with Gasteiger partial charge in [0.2, 0.25) is 0 Å². The molecule has 3 rings (SSSR count). The minimum atomic E-state index is -0.253. The molecule has 0 spiro atoms. The van der Waals surface area contributed by atoms with Crippen molar-refractivity contribution in [3.8, 4) is 0 Å². The van der Waals surface area contributed by atoms with Gasteiger partial charge in [-0.05, 0) is 42.2 Å². The molecule has 3 heteroatoms. The number of hydrogen-bond acceptors (Lipinski definition) is 2. The normalized spacial score (nSPS) is 16.6. The Balaban J connectivity index is 1.70. The molecule has 2 aromatic rings. The largest absolute Gasteiger partial charge is 0.397 e. The molecule has 1 aliphatic rings. The van der Waals surface area contributed by atoms with Crippen molar-refractivity contribution in [1.82, 2.24) is 0 Å². The van der Waals surface area contributed by atoms with Gasteiger partial charge >= 0.3 is 0 Å². The molecule has 0 heterocycles. The molecule has 98 valence electrons. The SMILES string of the molecule is Cc1cc(NCC2Cc3ccccc32)c(N)cc1F. The van der Waals surface area contributed by atoms with E-state index in [9.17, 15) is 4.39 Å². The van der Waals surface area contributed by atoms with Crippen molar-refractivity contribution in [3.05, 3.63) is 58.9 Å². The predicted octanol–water partition coefficient (Wildman–Crippen LogP) is 3.47. The molecule has 0 aromatic heterocycles. The monoisotopic (exact) mass is 256 g/mol. The standard InChI is InChI=1S/C16H17FN2/c1-10-6-16(15(18)8-14(10)17)19-9-12-7-11-4-2-3-5-13(11)12/h2-6,8,12,19H,7,9,18H2,1H3. The number of benzene rings is 2. The van der Waals surface area contributed by atoms with Crippen molar-refractivity contribution >= 4 is 11.4 Å². The molecule has 1 aliphatic carbocycles. The van der Waals surface area contributed by atoms with Crippen molar-refractivity contribution in [3.63, 3.8) is 0 Å². The first-order chi connectivity index (χ1) is 9.15. The van der Waals surface area contributed by atoms with Gasteiger partial charge in [0.15, 0.2) is 0 Å². The third kappa shape index (κ3) is 2.16. The Morgan fingerprint density at radius 1 is 1.32 bits per heavy atom. The zero-order chi connectivity index (χ0) is 13.4. The van der Waals surface area contributed by atoms with E-state index in [1.165, 1.54) is 17.2 Å². The van der Waals surface area contributed by atoms with Gasteiger partial charge in [0.25, 0.3) is 0 Å². The van der Waals surface area contributed by atoms with Crippen LogP contribution >= 0.6 is 0 Å². The fraction of sp³-hybridized carbons (Fsp3) is 0.250. The molecule has 0 aliphatic heterocycles. The van der Waals surface area contributed by atoms with Crippen LogP contribution in [-0.4, -0.2) is 6.54 Å². The first-order valence-electron chi connectivity index (χ1n) is 6.52. The minimum absolute atomic E-state index is 0.253. The summed E-state index contributed by atoms with van der Waals surface area (Å²) in [5.41, 5.74) is 10.6. The molecule has 0 radical (unpaired) electrons. The summed E-state index contributed by atoms with van der Waals surface area (Å²) in [5.74, 6) is 0.276. The average Bonchev–Trinajstić information content (AvgIpc) is 2.36. The van der Waals surface area contributed by atoms with Crippen molar-refractivity contribution in [2.75, 3.05) is 17.6 Å². The molecule has 0 bridgehead atoms. The minimum Gasteiger partial charge on any atom is -0.397 e. The summed E-state index contributed by atoms with van der Waals surface area (Å²) in [4.78, 5) is 0. The summed E-state index contributed by atoms with van der Waals surface area (Å²) >= 11 is 0. The van der Waals surface area contributed by atoms with E-state index >= 15 is 0 Å². The van der Waals surface area contributed by atoms with Crippen LogP contribution in [0.5, 0.6) is 0 Å². The van der Waals surface area contributed by atoms with Gasteiger partial charge in [0.05, 0.1) is 11.4 Å². The number of nitrogens with two attached hydrogens (primary N) is 1. The Hall–Kier alpha value is -2.03. The molecule has 3 N–H and O–H groups in total. The zero-order valence-electron chi connectivity index (χ0n) is 10.9. The van der Waals surface area contributed by atoms with E-state index < -0.39 is 0 Å². The van der Waals surface area contributed by atoms with Gasteiger partial charge in [-0.2, -0.15) is 0 Å². The number of rotatable bonds is 3. The highest BCUT2D eigenvalue weighted by atomic mass is 19.1. The molecule has 0 saturated heterocycles. The van der Waals surface area contributed by atoms with Crippen LogP contribution < -0.4 is 11.1 Å². The van der Waals surface area contributed by atoms with Gasteiger partial charge in [-0.15, -0.1) is 0 Å². The van der Waals surface area contributed by atoms with Gasteiger partial charge in [0, 0.05) is 12.5 Å². The molecule has 2 aromatic carbocycles. The number of aryl methyl sites for hydroxylation is 1. The molecular formula is C16H17FN2. The highest BCUT2D eigenvalue weighted by Crippen LogP contribution is 2.35. The van der Waals surface area contributed by atoms with Gasteiger partial charge in [-0.25, -0.2) is 4.39 Å². The van der Waals surface area contributed by atoms with Crippen molar-refractivity contribution < 1.29 is 4.39 Å². The summed E-state index contributed by atoms with van der Waals surface area (Å²) in [6.45, 7) is 2.59. The van der Waals surface area contributed by atoms with E-state index in [0.29, 0.717) is 17.2 Å². The fourth-order valence-electron chi connectivity index (χ4n) is 2.63. The lowest BCUT2D eigenvalue weighted by atomic mass is 9.77. The average molecular weight is 256 g/mol. The second-order valence-corrected chi connectivity index (χ2v) is 5.17. The van der Waals surface area contributed by atoms with Crippen LogP contribution in [0.1, 0.15) is 22.6 Å². The Morgan fingerprint density at radius 2 is 2.11 bits per heavy atom. The summed E-state index contributed by atoms with van der Waals surface area (Å²) in [7, 11) is 0. The van der Waals surface area contributed by atoms with Crippen LogP contribution in [0.4, 0.5) is 15.8 Å². The molecule has 0 saturated carbocycles. The quantitative estimate of drug-likeness (QED) is 0.825. The van der Waals surface area contributed by atoms with E-state index in [1.54, 1.807) is 13.0 Å².